The van der Waals surface area contributed by atoms with E-state index in [1.54, 1.807) is 0 Å². The van der Waals surface area contributed by atoms with Gasteiger partial charge in [-0.25, -0.2) is 0 Å². The highest BCUT2D eigenvalue weighted by Crippen LogP contribution is 2.14. The van der Waals surface area contributed by atoms with E-state index in [4.69, 9.17) is 5.73 Å². The van der Waals surface area contributed by atoms with Crippen LogP contribution in [0.1, 0.15) is 24.6 Å². The summed E-state index contributed by atoms with van der Waals surface area (Å²) in [5, 5.41) is 4.42. The van der Waals surface area contributed by atoms with Gasteiger partial charge in [-0.05, 0) is 37.6 Å². The molecule has 0 saturated carbocycles. The third-order valence-electron chi connectivity index (χ3n) is 3.05. The minimum atomic E-state index is -0.279. The second-order valence-corrected chi connectivity index (χ2v) is 4.93. The average molecular weight is 257 g/mol. The zero-order valence-corrected chi connectivity index (χ0v) is 11.3. The molecule has 1 amide bonds. The van der Waals surface area contributed by atoms with Crippen LogP contribution in [0.5, 0.6) is 0 Å². The maximum atomic E-state index is 10.8. The number of benzene rings is 1. The number of aryl methyl sites for hydroxylation is 1. The van der Waals surface area contributed by atoms with Crippen molar-refractivity contribution in [3.63, 3.8) is 0 Å². The van der Waals surface area contributed by atoms with E-state index in [1.807, 2.05) is 26.0 Å². The molecule has 0 radical (unpaired) electrons. The van der Waals surface area contributed by atoms with Crippen molar-refractivity contribution in [1.29, 1.82) is 0 Å². The topological polar surface area (TPSA) is 68.0 Å². The lowest BCUT2D eigenvalue weighted by molar-refractivity contribution is -0.118. The summed E-state index contributed by atoms with van der Waals surface area (Å²) >= 11 is 0. The molecule has 0 aliphatic carbocycles. The molecule has 3 N–H and O–H groups in total. The highest BCUT2D eigenvalue weighted by Gasteiger charge is 2.05. The molecule has 0 spiro atoms. The molecule has 1 heterocycles. The molecule has 1 unspecified atom stereocenters. The molecular formula is C15H19N3O. The van der Waals surface area contributed by atoms with Crippen LogP contribution in [0.15, 0.2) is 30.3 Å². The van der Waals surface area contributed by atoms with E-state index in [0.717, 1.165) is 23.1 Å². The third kappa shape index (κ3) is 3.76. The lowest BCUT2D eigenvalue weighted by Gasteiger charge is -2.12. The van der Waals surface area contributed by atoms with Gasteiger partial charge in [0.25, 0.3) is 0 Å². The van der Waals surface area contributed by atoms with Crippen LogP contribution in [0.2, 0.25) is 0 Å². The Morgan fingerprint density at radius 2 is 2.16 bits per heavy atom. The maximum absolute atomic E-state index is 10.8. The zero-order chi connectivity index (χ0) is 13.8. The van der Waals surface area contributed by atoms with E-state index >= 15 is 0 Å². The molecule has 2 rings (SSSR count). The van der Waals surface area contributed by atoms with Crippen molar-refractivity contribution in [3.05, 3.63) is 41.6 Å². The molecule has 2 aromatic rings. The number of nitrogens with two attached hydrogens (primary N) is 1. The van der Waals surface area contributed by atoms with E-state index in [1.165, 1.54) is 5.56 Å². The summed E-state index contributed by atoms with van der Waals surface area (Å²) in [5.74, 6) is -0.279. The van der Waals surface area contributed by atoms with Crippen LogP contribution in [0.25, 0.3) is 10.9 Å². The minimum Gasteiger partial charge on any atom is -0.370 e. The highest BCUT2D eigenvalue weighted by atomic mass is 16.1. The molecule has 0 fully saturated rings. The zero-order valence-electron chi connectivity index (χ0n) is 11.3. The standard InChI is InChI=1S/C15H19N3O/c1-10-3-5-13-8-12(4-6-14(13)18-10)9-17-11(2)7-15(16)19/h3-6,8,11,17H,7,9H2,1-2H3,(H2,16,19). The van der Waals surface area contributed by atoms with Crippen molar-refractivity contribution in [2.75, 3.05) is 0 Å². The largest absolute Gasteiger partial charge is 0.370 e. The van der Waals surface area contributed by atoms with E-state index in [-0.39, 0.29) is 11.9 Å². The maximum Gasteiger partial charge on any atom is 0.218 e. The van der Waals surface area contributed by atoms with Gasteiger partial charge in [-0.2, -0.15) is 0 Å². The van der Waals surface area contributed by atoms with Crippen molar-refractivity contribution < 1.29 is 4.79 Å². The number of primary amides is 1. The quantitative estimate of drug-likeness (QED) is 0.859. The number of nitrogens with one attached hydrogen (secondary N) is 1. The number of hydrogen-bond acceptors (Lipinski definition) is 3. The lowest BCUT2D eigenvalue weighted by Crippen LogP contribution is -2.30. The van der Waals surface area contributed by atoms with Crippen LogP contribution >= 0.6 is 0 Å². The fourth-order valence-electron chi connectivity index (χ4n) is 2.05. The summed E-state index contributed by atoms with van der Waals surface area (Å²) in [7, 11) is 0. The molecule has 19 heavy (non-hydrogen) atoms. The van der Waals surface area contributed by atoms with Crippen molar-refractivity contribution in [2.24, 2.45) is 5.73 Å². The summed E-state index contributed by atoms with van der Waals surface area (Å²) in [6.07, 6.45) is 0.355. The summed E-state index contributed by atoms with van der Waals surface area (Å²) < 4.78 is 0. The Bertz CT molecular complexity index is 595. The van der Waals surface area contributed by atoms with Gasteiger partial charge in [-0.1, -0.05) is 12.1 Å². The Hall–Kier alpha value is -1.94. The number of hydrogen-bond donors (Lipinski definition) is 2. The molecule has 0 bridgehead atoms. The molecule has 0 aliphatic rings. The second kappa shape index (κ2) is 5.80. The fraction of sp³-hybridized carbons (Fsp3) is 0.333. The predicted molar refractivity (Wildman–Crippen MR) is 76.6 cm³/mol. The number of pyridine rings is 1. The first-order chi connectivity index (χ1) is 9.04. The van der Waals surface area contributed by atoms with Gasteiger partial charge in [-0.3, -0.25) is 9.78 Å². The minimum absolute atomic E-state index is 0.0874. The molecule has 4 heteroatoms. The predicted octanol–water partition coefficient (Wildman–Crippen LogP) is 1.90. The van der Waals surface area contributed by atoms with Gasteiger partial charge in [-0.15, -0.1) is 0 Å². The Balaban J connectivity index is 2.05. The van der Waals surface area contributed by atoms with Gasteiger partial charge in [0.05, 0.1) is 5.52 Å². The third-order valence-corrected chi connectivity index (χ3v) is 3.05. The molecule has 1 aromatic carbocycles. The van der Waals surface area contributed by atoms with E-state index in [2.05, 4.69) is 28.5 Å². The highest BCUT2D eigenvalue weighted by molar-refractivity contribution is 5.79. The van der Waals surface area contributed by atoms with Crippen LogP contribution < -0.4 is 11.1 Å². The van der Waals surface area contributed by atoms with Gasteiger partial charge in [0.15, 0.2) is 0 Å². The Morgan fingerprint density at radius 3 is 2.89 bits per heavy atom. The van der Waals surface area contributed by atoms with E-state index in [0.29, 0.717) is 6.42 Å². The number of amides is 1. The van der Waals surface area contributed by atoms with Gasteiger partial charge < -0.3 is 11.1 Å². The van der Waals surface area contributed by atoms with Crippen molar-refractivity contribution in [3.8, 4) is 0 Å². The molecule has 1 aromatic heterocycles. The van der Waals surface area contributed by atoms with E-state index < -0.39 is 0 Å². The van der Waals surface area contributed by atoms with E-state index in [9.17, 15) is 4.79 Å². The summed E-state index contributed by atoms with van der Waals surface area (Å²) in [4.78, 5) is 15.3. The SMILES string of the molecule is Cc1ccc2cc(CNC(C)CC(N)=O)ccc2n1. The Morgan fingerprint density at radius 1 is 1.37 bits per heavy atom. The van der Waals surface area contributed by atoms with Crippen LogP contribution in [0, 0.1) is 6.92 Å². The van der Waals surface area contributed by atoms with Crippen LogP contribution in [-0.2, 0) is 11.3 Å². The summed E-state index contributed by atoms with van der Waals surface area (Å²) in [6, 6.07) is 10.4. The van der Waals surface area contributed by atoms with Crippen LogP contribution in [0.4, 0.5) is 0 Å². The van der Waals surface area contributed by atoms with Crippen LogP contribution in [-0.4, -0.2) is 16.9 Å². The number of carbonyl (C=O) groups excluding carboxylic acids is 1. The molecular weight excluding hydrogens is 238 g/mol. The average Bonchev–Trinajstić information content (AvgIpc) is 2.35. The fourth-order valence-corrected chi connectivity index (χ4v) is 2.05. The number of aromatic nitrogens is 1. The molecule has 0 aliphatic heterocycles. The lowest BCUT2D eigenvalue weighted by atomic mass is 10.1. The van der Waals surface area contributed by atoms with Crippen LogP contribution in [0.3, 0.4) is 0 Å². The Labute approximate surface area is 113 Å². The van der Waals surface area contributed by atoms with Gasteiger partial charge >= 0.3 is 0 Å². The van der Waals surface area contributed by atoms with Gasteiger partial charge in [0.1, 0.15) is 0 Å². The number of nitrogens with zero attached hydrogens (tertiary/aromatic N) is 1. The van der Waals surface area contributed by atoms with Gasteiger partial charge in [0, 0.05) is 30.1 Å². The molecule has 100 valence electrons. The number of rotatable bonds is 5. The van der Waals surface area contributed by atoms with Gasteiger partial charge in [0.2, 0.25) is 5.91 Å². The smallest absolute Gasteiger partial charge is 0.218 e. The monoisotopic (exact) mass is 257 g/mol. The molecule has 4 nitrogen and oxygen atoms in total. The first kappa shape index (κ1) is 13.5. The normalized spacial score (nSPS) is 12.5. The second-order valence-electron chi connectivity index (χ2n) is 4.93. The Kier molecular flexibility index (Phi) is 4.12. The molecule has 1 atom stereocenters. The number of fused-ring (bicyclic) bond motifs is 1. The van der Waals surface area contributed by atoms with Crippen molar-refractivity contribution in [2.45, 2.75) is 32.9 Å². The summed E-state index contributed by atoms with van der Waals surface area (Å²) in [6.45, 7) is 4.66. The summed E-state index contributed by atoms with van der Waals surface area (Å²) in [5.41, 5.74) is 8.37. The molecule has 0 saturated heterocycles. The number of carbonyl (C=O) groups is 1. The van der Waals surface area contributed by atoms with Crippen molar-refractivity contribution in [1.82, 2.24) is 10.3 Å². The van der Waals surface area contributed by atoms with Crippen molar-refractivity contribution >= 4 is 16.8 Å². The first-order valence-corrected chi connectivity index (χ1v) is 6.42. The first-order valence-electron chi connectivity index (χ1n) is 6.42.